The second-order valence-corrected chi connectivity index (χ2v) is 3.46. The number of hydrogen-bond acceptors (Lipinski definition) is 7. The molecule has 0 aliphatic heterocycles. The summed E-state index contributed by atoms with van der Waals surface area (Å²) in [7, 11) is 1.51. The molecule has 0 fully saturated rings. The Bertz CT molecular complexity index is 416. The van der Waals surface area contributed by atoms with Crippen LogP contribution in [0.25, 0.3) is 0 Å². The van der Waals surface area contributed by atoms with Crippen LogP contribution in [0.2, 0.25) is 0 Å². The van der Waals surface area contributed by atoms with Crippen molar-refractivity contribution in [2.45, 2.75) is 20.3 Å². The maximum absolute atomic E-state index is 8.63. The number of methoxy groups -OCH3 is 1. The van der Waals surface area contributed by atoms with E-state index in [2.05, 4.69) is 26.3 Å². The number of nitrogens with one attached hydrogen (secondary N) is 1. The van der Waals surface area contributed by atoms with Gasteiger partial charge in [0.2, 0.25) is 11.9 Å². The standard InChI is InChI=1S/C11H18N6O/c1-4-13-9-14-10(16-11(15-9)18-3)17(5-2)8-6-7-12/h4-6,8H2,1-3H3,(H,13,14,15,16). The van der Waals surface area contributed by atoms with E-state index >= 15 is 0 Å². The number of nitrogens with zero attached hydrogens (tertiary/aromatic N) is 5. The second-order valence-electron chi connectivity index (χ2n) is 3.46. The van der Waals surface area contributed by atoms with Crippen molar-refractivity contribution >= 4 is 11.9 Å². The number of anilines is 2. The summed E-state index contributed by atoms with van der Waals surface area (Å²) in [6, 6.07) is 2.38. The number of rotatable bonds is 7. The van der Waals surface area contributed by atoms with Crippen LogP contribution in [0, 0.1) is 11.3 Å². The van der Waals surface area contributed by atoms with Crippen molar-refractivity contribution in [2.75, 3.05) is 37.0 Å². The van der Waals surface area contributed by atoms with Gasteiger partial charge in [-0.1, -0.05) is 0 Å². The minimum absolute atomic E-state index is 0.270. The van der Waals surface area contributed by atoms with E-state index in [-0.39, 0.29) is 6.01 Å². The van der Waals surface area contributed by atoms with Crippen LogP contribution in [0.15, 0.2) is 0 Å². The predicted octanol–water partition coefficient (Wildman–Crippen LogP) is 1.05. The second kappa shape index (κ2) is 7.27. The average Bonchev–Trinajstić information content (AvgIpc) is 2.39. The Labute approximate surface area is 107 Å². The molecule has 0 unspecified atom stereocenters. The number of ether oxygens (including phenoxy) is 1. The third kappa shape index (κ3) is 3.73. The van der Waals surface area contributed by atoms with Crippen LogP contribution in [0.3, 0.4) is 0 Å². The zero-order chi connectivity index (χ0) is 13.4. The Balaban J connectivity index is 2.97. The quantitative estimate of drug-likeness (QED) is 0.773. The third-order valence-corrected chi connectivity index (χ3v) is 2.28. The molecule has 18 heavy (non-hydrogen) atoms. The highest BCUT2D eigenvalue weighted by Gasteiger charge is 2.12. The monoisotopic (exact) mass is 250 g/mol. The van der Waals surface area contributed by atoms with Gasteiger partial charge in [0.25, 0.3) is 0 Å². The topological polar surface area (TPSA) is 87.0 Å². The van der Waals surface area contributed by atoms with Gasteiger partial charge in [0.15, 0.2) is 0 Å². The maximum Gasteiger partial charge on any atom is 0.322 e. The summed E-state index contributed by atoms with van der Waals surface area (Å²) in [5.41, 5.74) is 0. The lowest BCUT2D eigenvalue weighted by molar-refractivity contribution is 0.378. The highest BCUT2D eigenvalue weighted by atomic mass is 16.5. The van der Waals surface area contributed by atoms with E-state index in [1.807, 2.05) is 18.7 Å². The first-order valence-corrected chi connectivity index (χ1v) is 5.91. The molecule has 0 saturated carbocycles. The molecule has 0 radical (unpaired) electrons. The fourth-order valence-corrected chi connectivity index (χ4v) is 1.40. The molecule has 1 aromatic rings. The number of hydrogen-bond donors (Lipinski definition) is 1. The molecular formula is C11H18N6O. The number of aromatic nitrogens is 3. The normalized spacial score (nSPS) is 9.67. The molecule has 0 amide bonds. The lowest BCUT2D eigenvalue weighted by atomic mass is 10.4. The van der Waals surface area contributed by atoms with Gasteiger partial charge in [0, 0.05) is 19.6 Å². The van der Waals surface area contributed by atoms with Gasteiger partial charge in [-0.3, -0.25) is 0 Å². The van der Waals surface area contributed by atoms with Crippen molar-refractivity contribution < 1.29 is 4.74 Å². The molecular weight excluding hydrogens is 232 g/mol. The van der Waals surface area contributed by atoms with E-state index < -0.39 is 0 Å². The van der Waals surface area contributed by atoms with E-state index in [9.17, 15) is 0 Å². The molecule has 7 nitrogen and oxygen atoms in total. The first kappa shape index (κ1) is 14.0. The summed E-state index contributed by atoms with van der Waals surface area (Å²) in [4.78, 5) is 14.5. The summed E-state index contributed by atoms with van der Waals surface area (Å²) in [6.45, 7) is 5.98. The molecule has 1 aromatic heterocycles. The van der Waals surface area contributed by atoms with E-state index in [4.69, 9.17) is 10.00 Å². The minimum atomic E-state index is 0.270. The minimum Gasteiger partial charge on any atom is -0.467 e. The Morgan fingerprint density at radius 2 is 2.11 bits per heavy atom. The molecule has 0 bridgehead atoms. The van der Waals surface area contributed by atoms with Crippen LogP contribution in [-0.2, 0) is 0 Å². The fourth-order valence-electron chi connectivity index (χ4n) is 1.40. The highest BCUT2D eigenvalue weighted by molar-refractivity contribution is 5.38. The van der Waals surface area contributed by atoms with E-state index in [1.165, 1.54) is 7.11 Å². The summed E-state index contributed by atoms with van der Waals surface area (Å²) in [6.07, 6.45) is 0.429. The fraction of sp³-hybridized carbons (Fsp3) is 0.636. The van der Waals surface area contributed by atoms with Crippen LogP contribution < -0.4 is 15.0 Å². The van der Waals surface area contributed by atoms with Gasteiger partial charge in [-0.2, -0.15) is 20.2 Å². The molecule has 0 aliphatic rings. The molecule has 98 valence electrons. The Kier molecular flexibility index (Phi) is 5.64. The Hall–Kier alpha value is -2.10. The van der Waals surface area contributed by atoms with Crippen LogP contribution in [0.4, 0.5) is 11.9 Å². The maximum atomic E-state index is 8.63. The lowest BCUT2D eigenvalue weighted by Gasteiger charge is -2.19. The van der Waals surface area contributed by atoms with E-state index in [0.29, 0.717) is 24.9 Å². The van der Waals surface area contributed by atoms with Gasteiger partial charge < -0.3 is 15.0 Å². The SMILES string of the molecule is CCNc1nc(OC)nc(N(CC)CCC#N)n1. The van der Waals surface area contributed by atoms with Gasteiger partial charge >= 0.3 is 6.01 Å². The molecule has 0 spiro atoms. The largest absolute Gasteiger partial charge is 0.467 e. The predicted molar refractivity (Wildman–Crippen MR) is 68.7 cm³/mol. The first-order chi connectivity index (χ1) is 8.74. The van der Waals surface area contributed by atoms with Crippen LogP contribution in [0.1, 0.15) is 20.3 Å². The summed E-state index contributed by atoms with van der Waals surface area (Å²) in [5, 5.41) is 11.7. The average molecular weight is 250 g/mol. The van der Waals surface area contributed by atoms with Gasteiger partial charge in [-0.15, -0.1) is 0 Å². The van der Waals surface area contributed by atoms with Gasteiger partial charge in [-0.05, 0) is 13.8 Å². The Morgan fingerprint density at radius 3 is 2.67 bits per heavy atom. The van der Waals surface area contributed by atoms with Crippen LogP contribution >= 0.6 is 0 Å². The molecule has 0 atom stereocenters. The molecule has 0 aliphatic carbocycles. The van der Waals surface area contributed by atoms with E-state index in [1.54, 1.807) is 0 Å². The van der Waals surface area contributed by atoms with Crippen LogP contribution in [-0.4, -0.2) is 41.7 Å². The smallest absolute Gasteiger partial charge is 0.322 e. The molecule has 1 N–H and O–H groups in total. The first-order valence-electron chi connectivity index (χ1n) is 5.91. The lowest BCUT2D eigenvalue weighted by Crippen LogP contribution is -2.26. The Morgan fingerprint density at radius 1 is 1.33 bits per heavy atom. The van der Waals surface area contributed by atoms with Crippen molar-refractivity contribution in [3.8, 4) is 12.1 Å². The summed E-state index contributed by atoms with van der Waals surface area (Å²) in [5.74, 6) is 1.00. The molecule has 1 rings (SSSR count). The molecule has 1 heterocycles. The summed E-state index contributed by atoms with van der Waals surface area (Å²) < 4.78 is 5.05. The van der Waals surface area contributed by atoms with Crippen molar-refractivity contribution in [1.29, 1.82) is 5.26 Å². The van der Waals surface area contributed by atoms with Crippen molar-refractivity contribution in [2.24, 2.45) is 0 Å². The van der Waals surface area contributed by atoms with E-state index in [0.717, 1.165) is 13.1 Å². The zero-order valence-corrected chi connectivity index (χ0v) is 11.0. The molecule has 0 aromatic carbocycles. The van der Waals surface area contributed by atoms with Gasteiger partial charge in [0.1, 0.15) is 0 Å². The van der Waals surface area contributed by atoms with Crippen molar-refractivity contribution in [3.05, 3.63) is 0 Å². The molecule has 7 heteroatoms. The zero-order valence-electron chi connectivity index (χ0n) is 11.0. The van der Waals surface area contributed by atoms with Gasteiger partial charge in [0.05, 0.1) is 19.6 Å². The number of nitriles is 1. The van der Waals surface area contributed by atoms with Gasteiger partial charge in [-0.25, -0.2) is 0 Å². The third-order valence-electron chi connectivity index (χ3n) is 2.28. The van der Waals surface area contributed by atoms with Crippen LogP contribution in [0.5, 0.6) is 6.01 Å². The van der Waals surface area contributed by atoms with Crippen molar-refractivity contribution in [1.82, 2.24) is 15.0 Å². The highest BCUT2D eigenvalue weighted by Crippen LogP contribution is 2.14. The molecule has 0 saturated heterocycles. The summed E-state index contributed by atoms with van der Waals surface area (Å²) >= 11 is 0. The van der Waals surface area contributed by atoms with Crippen molar-refractivity contribution in [3.63, 3.8) is 0 Å².